The van der Waals surface area contributed by atoms with E-state index in [9.17, 15) is 9.59 Å². The number of nitrogens with zero attached hydrogens (tertiary/aromatic N) is 2. The van der Waals surface area contributed by atoms with Crippen molar-refractivity contribution < 1.29 is 14.4 Å². The lowest BCUT2D eigenvalue weighted by Gasteiger charge is -2.33. The Morgan fingerprint density at radius 1 is 1.00 bits per heavy atom. The SMILES string of the molecule is O=C(c1ccc2c3c(cccc13)CC2)C1CCCN(C(=O)CCN2CCCCO2)C1. The smallest absolute Gasteiger partial charge is 0.223 e. The van der Waals surface area contributed by atoms with E-state index in [0.29, 0.717) is 19.5 Å². The molecule has 0 aromatic heterocycles. The predicted octanol–water partition coefficient (Wildman–Crippen LogP) is 3.78. The van der Waals surface area contributed by atoms with Crippen LogP contribution < -0.4 is 0 Å². The van der Waals surface area contributed by atoms with Crippen molar-refractivity contribution in [1.29, 1.82) is 0 Å². The van der Waals surface area contributed by atoms with Gasteiger partial charge in [-0.15, -0.1) is 0 Å². The number of hydrogen-bond donors (Lipinski definition) is 0. The van der Waals surface area contributed by atoms with Crippen molar-refractivity contribution in [2.24, 2.45) is 5.92 Å². The second-order valence-corrected chi connectivity index (χ2v) is 8.87. The van der Waals surface area contributed by atoms with Gasteiger partial charge in [0.25, 0.3) is 0 Å². The van der Waals surface area contributed by atoms with E-state index < -0.39 is 0 Å². The predicted molar refractivity (Wildman–Crippen MR) is 116 cm³/mol. The van der Waals surface area contributed by atoms with Crippen LogP contribution in [0, 0.1) is 5.92 Å². The summed E-state index contributed by atoms with van der Waals surface area (Å²) in [5, 5.41) is 4.30. The maximum absolute atomic E-state index is 13.5. The third-order valence-electron chi connectivity index (χ3n) is 6.94. The van der Waals surface area contributed by atoms with E-state index in [1.807, 2.05) is 16.0 Å². The van der Waals surface area contributed by atoms with Crippen LogP contribution in [-0.2, 0) is 22.5 Å². The van der Waals surface area contributed by atoms with Gasteiger partial charge in [-0.25, -0.2) is 0 Å². The first-order valence-electron chi connectivity index (χ1n) is 11.4. The second kappa shape index (κ2) is 8.48. The van der Waals surface area contributed by atoms with Crippen LogP contribution in [0.4, 0.5) is 0 Å². The molecule has 1 amide bonds. The molecule has 1 aliphatic carbocycles. The number of Topliss-reactive ketones (excluding diaryl/α,β-unsaturated/α-hetero) is 1. The summed E-state index contributed by atoms with van der Waals surface area (Å²) < 4.78 is 0. The Balaban J connectivity index is 1.28. The molecular formula is C25H30N2O3. The fourth-order valence-corrected chi connectivity index (χ4v) is 5.30. The summed E-state index contributed by atoms with van der Waals surface area (Å²) in [5.41, 5.74) is 3.55. The van der Waals surface area contributed by atoms with Crippen LogP contribution in [0.3, 0.4) is 0 Å². The number of amides is 1. The number of hydrogen-bond acceptors (Lipinski definition) is 4. The molecule has 5 rings (SSSR count). The van der Waals surface area contributed by atoms with Crippen molar-refractivity contribution in [3.63, 3.8) is 0 Å². The first-order chi connectivity index (χ1) is 14.7. The van der Waals surface area contributed by atoms with Crippen LogP contribution in [0.2, 0.25) is 0 Å². The van der Waals surface area contributed by atoms with E-state index >= 15 is 0 Å². The third-order valence-corrected chi connectivity index (χ3v) is 6.94. The van der Waals surface area contributed by atoms with Gasteiger partial charge in [-0.2, -0.15) is 5.06 Å². The highest BCUT2D eigenvalue weighted by Gasteiger charge is 2.30. The number of hydroxylamine groups is 2. The van der Waals surface area contributed by atoms with Gasteiger partial charge in [0.15, 0.2) is 5.78 Å². The minimum atomic E-state index is -0.104. The molecule has 2 aromatic rings. The molecule has 2 aliphatic heterocycles. The maximum Gasteiger partial charge on any atom is 0.223 e. The molecular weight excluding hydrogens is 376 g/mol. The molecule has 0 bridgehead atoms. The summed E-state index contributed by atoms with van der Waals surface area (Å²) in [7, 11) is 0. The van der Waals surface area contributed by atoms with Crippen molar-refractivity contribution in [2.45, 2.75) is 44.9 Å². The van der Waals surface area contributed by atoms with Gasteiger partial charge in [-0.3, -0.25) is 14.4 Å². The number of ketones is 1. The fourth-order valence-electron chi connectivity index (χ4n) is 5.30. The normalized spacial score (nSPS) is 21.9. The summed E-state index contributed by atoms with van der Waals surface area (Å²) >= 11 is 0. The summed E-state index contributed by atoms with van der Waals surface area (Å²) in [6.45, 7) is 3.60. The summed E-state index contributed by atoms with van der Waals surface area (Å²) in [6.07, 6.45) is 6.57. The van der Waals surface area contributed by atoms with Crippen LogP contribution in [0.1, 0.15) is 53.6 Å². The lowest BCUT2D eigenvalue weighted by Crippen LogP contribution is -2.43. The number of piperidine rings is 1. The standard InChI is InChI=1S/C25H30N2O3/c28-23(12-15-27-14-1-2-16-30-27)26-13-4-6-20(17-26)25(29)22-11-10-19-9-8-18-5-3-7-21(22)24(18)19/h3,5,7,10-11,20H,1-2,4,6,8-9,12-17H2. The lowest BCUT2D eigenvalue weighted by atomic mass is 9.87. The molecule has 2 aromatic carbocycles. The van der Waals surface area contributed by atoms with Gasteiger partial charge in [-0.1, -0.05) is 30.3 Å². The topological polar surface area (TPSA) is 49.9 Å². The van der Waals surface area contributed by atoms with Crippen LogP contribution in [0.5, 0.6) is 0 Å². The van der Waals surface area contributed by atoms with Crippen LogP contribution in [0.15, 0.2) is 30.3 Å². The summed E-state index contributed by atoms with van der Waals surface area (Å²) in [5.74, 6) is 0.233. The number of rotatable bonds is 5. The van der Waals surface area contributed by atoms with E-state index in [2.05, 4.69) is 24.3 Å². The van der Waals surface area contributed by atoms with Crippen LogP contribution in [-0.4, -0.2) is 54.4 Å². The van der Waals surface area contributed by atoms with Gasteiger partial charge in [-0.05, 0) is 60.4 Å². The van der Waals surface area contributed by atoms with Crippen molar-refractivity contribution in [1.82, 2.24) is 9.96 Å². The number of carbonyl (C=O) groups excluding carboxylic acids is 2. The van der Waals surface area contributed by atoms with Crippen molar-refractivity contribution in [2.75, 3.05) is 32.8 Å². The molecule has 1 unspecified atom stereocenters. The molecule has 0 radical (unpaired) electrons. The molecule has 5 heteroatoms. The average molecular weight is 407 g/mol. The van der Waals surface area contributed by atoms with E-state index in [4.69, 9.17) is 4.84 Å². The Morgan fingerprint density at radius 3 is 2.70 bits per heavy atom. The Labute approximate surface area is 177 Å². The van der Waals surface area contributed by atoms with Crippen LogP contribution >= 0.6 is 0 Å². The van der Waals surface area contributed by atoms with Crippen LogP contribution in [0.25, 0.3) is 10.8 Å². The highest BCUT2D eigenvalue weighted by Crippen LogP contribution is 2.34. The molecule has 158 valence electrons. The van der Waals surface area contributed by atoms with Crippen molar-refractivity contribution >= 4 is 22.5 Å². The first kappa shape index (κ1) is 19.7. The monoisotopic (exact) mass is 406 g/mol. The van der Waals surface area contributed by atoms with E-state index in [1.54, 1.807) is 0 Å². The molecule has 5 nitrogen and oxygen atoms in total. The highest BCUT2D eigenvalue weighted by molar-refractivity contribution is 6.11. The minimum absolute atomic E-state index is 0.104. The van der Waals surface area contributed by atoms with Gasteiger partial charge in [0.1, 0.15) is 0 Å². The second-order valence-electron chi connectivity index (χ2n) is 8.87. The largest absolute Gasteiger partial charge is 0.342 e. The zero-order valence-electron chi connectivity index (χ0n) is 17.6. The molecule has 2 saturated heterocycles. The van der Waals surface area contributed by atoms with Gasteiger partial charge in [0, 0.05) is 44.1 Å². The summed E-state index contributed by atoms with van der Waals surface area (Å²) in [6, 6.07) is 10.5. The van der Waals surface area contributed by atoms with Gasteiger partial charge in [0.2, 0.25) is 5.91 Å². The van der Waals surface area contributed by atoms with Crippen molar-refractivity contribution in [3.05, 3.63) is 47.0 Å². The van der Waals surface area contributed by atoms with Gasteiger partial charge >= 0.3 is 0 Å². The number of likely N-dealkylation sites (tertiary alicyclic amines) is 1. The lowest BCUT2D eigenvalue weighted by molar-refractivity contribution is -0.182. The van der Waals surface area contributed by atoms with E-state index in [-0.39, 0.29) is 17.6 Å². The van der Waals surface area contributed by atoms with Crippen molar-refractivity contribution in [3.8, 4) is 0 Å². The summed E-state index contributed by atoms with van der Waals surface area (Å²) in [4.78, 5) is 33.8. The minimum Gasteiger partial charge on any atom is -0.342 e. The number of carbonyl (C=O) groups is 2. The molecule has 0 spiro atoms. The Kier molecular flexibility index (Phi) is 5.57. The Hall–Kier alpha value is -2.24. The Morgan fingerprint density at radius 2 is 1.87 bits per heavy atom. The van der Waals surface area contributed by atoms with E-state index in [1.165, 1.54) is 16.5 Å². The quantitative estimate of drug-likeness (QED) is 0.709. The maximum atomic E-state index is 13.5. The number of benzene rings is 2. The van der Waals surface area contributed by atoms with Gasteiger partial charge in [0.05, 0.1) is 6.61 Å². The molecule has 30 heavy (non-hydrogen) atoms. The van der Waals surface area contributed by atoms with Gasteiger partial charge < -0.3 is 4.90 Å². The highest BCUT2D eigenvalue weighted by atomic mass is 16.7. The molecule has 2 fully saturated rings. The molecule has 0 saturated carbocycles. The molecule has 3 aliphatic rings. The average Bonchev–Trinajstić information content (AvgIpc) is 3.23. The molecule has 1 atom stereocenters. The zero-order valence-corrected chi connectivity index (χ0v) is 17.6. The van der Waals surface area contributed by atoms with E-state index in [0.717, 1.165) is 69.2 Å². The number of aryl methyl sites for hydroxylation is 2. The third kappa shape index (κ3) is 3.77. The molecule has 0 N–H and O–H groups in total. The fraction of sp³-hybridized carbons (Fsp3) is 0.520. The molecule has 2 heterocycles. The first-order valence-corrected chi connectivity index (χ1v) is 11.4. The zero-order chi connectivity index (χ0) is 20.5. The Bertz CT molecular complexity index is 954.